The highest BCUT2D eigenvalue weighted by atomic mass is 16.2. The molecule has 0 amide bonds. The van der Waals surface area contributed by atoms with Crippen LogP contribution in [-0.4, -0.2) is 24.1 Å². The van der Waals surface area contributed by atoms with Crippen LogP contribution in [0.5, 0.6) is 0 Å². The Morgan fingerprint density at radius 3 is 2.52 bits per heavy atom. The molecule has 0 atom stereocenters. The number of fused-ring (bicyclic) bond motifs is 1. The van der Waals surface area contributed by atoms with E-state index < -0.39 is 0 Å². The van der Waals surface area contributed by atoms with Gasteiger partial charge in [0.15, 0.2) is 5.65 Å². The Kier molecular flexibility index (Phi) is 5.07. The number of aryl methyl sites for hydroxylation is 2. The van der Waals surface area contributed by atoms with E-state index in [9.17, 15) is 9.59 Å². The predicted molar refractivity (Wildman–Crippen MR) is 113 cm³/mol. The van der Waals surface area contributed by atoms with Gasteiger partial charge in [0.2, 0.25) is 0 Å². The molecule has 0 bridgehead atoms. The van der Waals surface area contributed by atoms with Crippen LogP contribution < -0.4 is 17.0 Å². The minimum absolute atomic E-state index is 0.316. The first-order chi connectivity index (χ1) is 14.1. The Balaban J connectivity index is 1.77. The second-order valence-corrected chi connectivity index (χ2v) is 7.16. The number of hydrogen-bond acceptors (Lipinski definition) is 4. The summed E-state index contributed by atoms with van der Waals surface area (Å²) in [4.78, 5) is 36.7. The monoisotopic (exact) mass is 392 g/mol. The quantitative estimate of drug-likeness (QED) is 0.418. The van der Waals surface area contributed by atoms with Gasteiger partial charge in [-0.2, -0.15) is 0 Å². The largest absolute Gasteiger partial charge is 0.399 e. The van der Waals surface area contributed by atoms with E-state index in [-0.39, 0.29) is 11.2 Å². The number of aromatic amines is 2. The van der Waals surface area contributed by atoms with Gasteiger partial charge in [-0.25, -0.2) is 9.78 Å². The van der Waals surface area contributed by atoms with Crippen LogP contribution in [0.3, 0.4) is 0 Å². The molecule has 4 N–H and O–H groups in total. The van der Waals surface area contributed by atoms with Crippen molar-refractivity contribution in [2.24, 2.45) is 0 Å². The molecule has 0 saturated carbocycles. The molecule has 8 nitrogen and oxygen atoms in total. The number of anilines is 1. The second kappa shape index (κ2) is 7.83. The molecule has 0 saturated heterocycles. The topological polar surface area (TPSA) is 114 Å². The molecular weight excluding hydrogens is 368 g/mol. The van der Waals surface area contributed by atoms with Crippen LogP contribution in [0.4, 0.5) is 5.69 Å². The van der Waals surface area contributed by atoms with Gasteiger partial charge < -0.3 is 15.7 Å². The Labute approximate surface area is 167 Å². The molecule has 3 heterocycles. The summed E-state index contributed by atoms with van der Waals surface area (Å²) in [5, 5.41) is 0. The Hall–Kier alpha value is -3.55. The third kappa shape index (κ3) is 3.73. The fourth-order valence-electron chi connectivity index (χ4n) is 3.51. The number of rotatable bonds is 7. The molecular formula is C21H24N6O2. The predicted octanol–water partition coefficient (Wildman–Crippen LogP) is 2.04. The molecule has 150 valence electrons. The maximum atomic E-state index is 13.0. The van der Waals surface area contributed by atoms with Crippen LogP contribution in [0.25, 0.3) is 11.2 Å². The molecule has 1 aromatic carbocycles. The van der Waals surface area contributed by atoms with Gasteiger partial charge in [0.1, 0.15) is 11.3 Å². The van der Waals surface area contributed by atoms with Crippen LogP contribution in [0.15, 0.2) is 52.3 Å². The fourth-order valence-corrected chi connectivity index (χ4v) is 3.51. The molecule has 0 aliphatic heterocycles. The number of nitrogen functional groups attached to an aromatic ring is 1. The summed E-state index contributed by atoms with van der Waals surface area (Å²) < 4.78 is 2.89. The smallest absolute Gasteiger partial charge is 0.332 e. The van der Waals surface area contributed by atoms with Gasteiger partial charge >= 0.3 is 5.69 Å². The highest BCUT2D eigenvalue weighted by Crippen LogP contribution is 2.12. The minimum Gasteiger partial charge on any atom is -0.399 e. The zero-order valence-corrected chi connectivity index (χ0v) is 16.3. The van der Waals surface area contributed by atoms with E-state index in [1.165, 1.54) is 4.57 Å². The lowest BCUT2D eigenvalue weighted by atomic mass is 10.1. The molecule has 3 aromatic heterocycles. The molecule has 29 heavy (non-hydrogen) atoms. The Bertz CT molecular complexity index is 1230. The van der Waals surface area contributed by atoms with E-state index in [0.29, 0.717) is 55.0 Å². The number of benzene rings is 1. The Morgan fingerprint density at radius 2 is 1.83 bits per heavy atom. The van der Waals surface area contributed by atoms with Crippen molar-refractivity contribution in [1.29, 1.82) is 0 Å². The molecule has 0 radical (unpaired) electrons. The lowest BCUT2D eigenvalue weighted by molar-refractivity contribution is 0.559. The van der Waals surface area contributed by atoms with Crippen LogP contribution in [0, 0.1) is 0 Å². The van der Waals surface area contributed by atoms with Crippen molar-refractivity contribution >= 4 is 16.9 Å². The first-order valence-electron chi connectivity index (χ1n) is 9.75. The maximum Gasteiger partial charge on any atom is 0.332 e. The molecule has 0 spiro atoms. The van der Waals surface area contributed by atoms with Crippen LogP contribution >= 0.6 is 0 Å². The molecule has 4 aromatic rings. The van der Waals surface area contributed by atoms with Crippen LogP contribution in [0.1, 0.15) is 30.3 Å². The average Bonchev–Trinajstić information content (AvgIpc) is 3.37. The standard InChI is InChI=1S/C21H24N6O2/c1-2-10-27-20(28)18-19(25-17(24-18)12-15-7-9-23-13-15)26(21(27)29)11-8-14-3-5-16(22)6-4-14/h3-7,9,13,23H,2,8,10-12,22H2,1H3,(H,24,25). The van der Waals surface area contributed by atoms with E-state index in [1.807, 2.05) is 49.6 Å². The summed E-state index contributed by atoms with van der Waals surface area (Å²) in [6.07, 6.45) is 5.62. The normalized spacial score (nSPS) is 11.3. The SMILES string of the molecule is CCCn1c(=O)c2[nH]c(Cc3cc[nH]c3)nc2n(CCc2ccc(N)cc2)c1=O. The van der Waals surface area contributed by atoms with E-state index in [0.717, 1.165) is 11.1 Å². The lowest BCUT2D eigenvalue weighted by Gasteiger charge is -2.11. The Morgan fingerprint density at radius 1 is 1.03 bits per heavy atom. The fraction of sp³-hybridized carbons (Fsp3) is 0.286. The number of nitrogens with one attached hydrogen (secondary N) is 2. The summed E-state index contributed by atoms with van der Waals surface area (Å²) in [6, 6.07) is 9.53. The van der Waals surface area contributed by atoms with Crippen molar-refractivity contribution < 1.29 is 0 Å². The molecule has 0 aliphatic rings. The van der Waals surface area contributed by atoms with Crippen molar-refractivity contribution in [1.82, 2.24) is 24.1 Å². The number of H-pyrrole nitrogens is 2. The van der Waals surface area contributed by atoms with Crippen molar-refractivity contribution in [2.75, 3.05) is 5.73 Å². The molecule has 0 aliphatic carbocycles. The summed E-state index contributed by atoms with van der Waals surface area (Å²) in [7, 11) is 0. The van der Waals surface area contributed by atoms with Gasteiger partial charge in [0.25, 0.3) is 5.56 Å². The first-order valence-corrected chi connectivity index (χ1v) is 9.75. The van der Waals surface area contributed by atoms with Crippen molar-refractivity contribution in [3.05, 3.63) is 80.5 Å². The van der Waals surface area contributed by atoms with Gasteiger partial charge in [0.05, 0.1) is 0 Å². The first kappa shape index (κ1) is 18.8. The second-order valence-electron chi connectivity index (χ2n) is 7.16. The van der Waals surface area contributed by atoms with Crippen molar-refractivity contribution in [3.63, 3.8) is 0 Å². The highest BCUT2D eigenvalue weighted by Gasteiger charge is 2.17. The number of hydrogen-bond donors (Lipinski definition) is 3. The van der Waals surface area contributed by atoms with Crippen molar-refractivity contribution in [3.8, 4) is 0 Å². The van der Waals surface area contributed by atoms with Crippen molar-refractivity contribution in [2.45, 2.75) is 39.3 Å². The average molecular weight is 392 g/mol. The molecule has 4 rings (SSSR count). The van der Waals surface area contributed by atoms with Crippen LogP contribution in [0.2, 0.25) is 0 Å². The molecule has 0 fully saturated rings. The zero-order chi connectivity index (χ0) is 20.4. The molecule has 0 unspecified atom stereocenters. The van der Waals surface area contributed by atoms with E-state index in [2.05, 4.69) is 15.0 Å². The number of imidazole rings is 1. The summed E-state index contributed by atoms with van der Waals surface area (Å²) in [5.74, 6) is 0.659. The van der Waals surface area contributed by atoms with Gasteiger partial charge in [-0.1, -0.05) is 19.1 Å². The summed E-state index contributed by atoms with van der Waals surface area (Å²) in [5.41, 5.74) is 8.72. The van der Waals surface area contributed by atoms with Gasteiger partial charge in [-0.05, 0) is 42.2 Å². The van der Waals surface area contributed by atoms with Gasteiger partial charge in [-0.15, -0.1) is 0 Å². The zero-order valence-electron chi connectivity index (χ0n) is 16.3. The summed E-state index contributed by atoms with van der Waals surface area (Å²) in [6.45, 7) is 2.75. The third-order valence-corrected chi connectivity index (χ3v) is 5.00. The van der Waals surface area contributed by atoms with E-state index in [4.69, 9.17) is 5.73 Å². The summed E-state index contributed by atoms with van der Waals surface area (Å²) >= 11 is 0. The van der Waals surface area contributed by atoms with Crippen LogP contribution in [-0.2, 0) is 25.9 Å². The minimum atomic E-state index is -0.320. The third-order valence-electron chi connectivity index (χ3n) is 5.00. The maximum absolute atomic E-state index is 13.0. The molecule has 8 heteroatoms. The number of nitrogens with zero attached hydrogens (tertiary/aromatic N) is 3. The highest BCUT2D eigenvalue weighted by molar-refractivity contribution is 5.70. The number of aromatic nitrogens is 5. The van der Waals surface area contributed by atoms with E-state index in [1.54, 1.807) is 4.57 Å². The van der Waals surface area contributed by atoms with Gasteiger partial charge in [-0.3, -0.25) is 13.9 Å². The number of nitrogens with two attached hydrogens (primary N) is 1. The van der Waals surface area contributed by atoms with Gasteiger partial charge in [0, 0.05) is 37.6 Å². The van der Waals surface area contributed by atoms with E-state index >= 15 is 0 Å². The lowest BCUT2D eigenvalue weighted by Crippen LogP contribution is -2.40.